The Balaban J connectivity index is 1.72. The number of ether oxygens (including phenoxy) is 1. The lowest BCUT2D eigenvalue weighted by Gasteiger charge is -2.31. The van der Waals surface area contributed by atoms with Crippen LogP contribution in [-0.2, 0) is 0 Å². The number of benzene rings is 1. The van der Waals surface area contributed by atoms with Crippen LogP contribution in [0, 0.1) is 5.92 Å². The van der Waals surface area contributed by atoms with Gasteiger partial charge in [0.05, 0.1) is 12.1 Å². The van der Waals surface area contributed by atoms with Crippen molar-refractivity contribution >= 4 is 29.0 Å². The first-order valence-corrected chi connectivity index (χ1v) is 8.80. The van der Waals surface area contributed by atoms with Crippen LogP contribution in [0.1, 0.15) is 30.1 Å². The van der Waals surface area contributed by atoms with Crippen molar-refractivity contribution in [1.82, 2.24) is 4.98 Å². The Hall–Kier alpha value is -2.27. The van der Waals surface area contributed by atoms with Crippen molar-refractivity contribution in [3.8, 4) is 5.75 Å². The molecule has 1 amide bonds. The Labute approximate surface area is 153 Å². The highest BCUT2D eigenvalue weighted by molar-refractivity contribution is 6.32. The molecule has 0 unspecified atom stereocenters. The van der Waals surface area contributed by atoms with Crippen molar-refractivity contribution < 1.29 is 9.53 Å². The fourth-order valence-electron chi connectivity index (χ4n) is 2.92. The number of piperidine rings is 1. The van der Waals surface area contributed by atoms with E-state index in [0.717, 1.165) is 37.7 Å². The summed E-state index contributed by atoms with van der Waals surface area (Å²) < 4.78 is 5.12. The van der Waals surface area contributed by atoms with Crippen LogP contribution in [0.3, 0.4) is 0 Å². The fraction of sp³-hybridized carbons (Fsp3) is 0.368. The quantitative estimate of drug-likeness (QED) is 0.887. The van der Waals surface area contributed by atoms with Crippen LogP contribution in [0.25, 0.3) is 0 Å². The summed E-state index contributed by atoms with van der Waals surface area (Å²) in [4.78, 5) is 19.2. The molecule has 25 heavy (non-hydrogen) atoms. The highest BCUT2D eigenvalue weighted by Gasteiger charge is 2.18. The summed E-state index contributed by atoms with van der Waals surface area (Å²) >= 11 is 6.10. The maximum absolute atomic E-state index is 12.5. The molecule has 5 nitrogen and oxygen atoms in total. The molecule has 3 rings (SSSR count). The highest BCUT2D eigenvalue weighted by atomic mass is 35.5. The Morgan fingerprint density at radius 1 is 1.28 bits per heavy atom. The molecule has 2 heterocycles. The monoisotopic (exact) mass is 359 g/mol. The van der Waals surface area contributed by atoms with Gasteiger partial charge in [-0.05, 0) is 49.1 Å². The molecule has 0 aliphatic carbocycles. The SMILES string of the molecule is COc1ccc(NC(=O)c2ccnc(N3CCC(C)CC3)c2)cc1Cl. The van der Waals surface area contributed by atoms with Gasteiger partial charge < -0.3 is 15.0 Å². The molecule has 132 valence electrons. The van der Waals surface area contributed by atoms with Gasteiger partial charge >= 0.3 is 0 Å². The average Bonchev–Trinajstić information content (AvgIpc) is 2.62. The number of anilines is 2. The van der Waals surface area contributed by atoms with Gasteiger partial charge in [0.25, 0.3) is 5.91 Å². The van der Waals surface area contributed by atoms with E-state index < -0.39 is 0 Å². The number of hydrogen-bond acceptors (Lipinski definition) is 4. The number of carbonyl (C=O) groups is 1. The van der Waals surface area contributed by atoms with Crippen LogP contribution >= 0.6 is 11.6 Å². The number of halogens is 1. The molecule has 0 atom stereocenters. The molecule has 0 bridgehead atoms. The van der Waals surface area contributed by atoms with E-state index in [1.54, 1.807) is 37.6 Å². The number of aromatic nitrogens is 1. The number of carbonyl (C=O) groups excluding carboxylic acids is 1. The van der Waals surface area contributed by atoms with Crippen molar-refractivity contribution in [3.63, 3.8) is 0 Å². The van der Waals surface area contributed by atoms with Gasteiger partial charge in [-0.3, -0.25) is 4.79 Å². The average molecular weight is 360 g/mol. The summed E-state index contributed by atoms with van der Waals surface area (Å²) in [6.45, 7) is 4.23. The normalized spacial score (nSPS) is 15.1. The number of hydrogen-bond donors (Lipinski definition) is 1. The molecule has 1 fully saturated rings. The number of amides is 1. The van der Waals surface area contributed by atoms with Crippen LogP contribution in [0.2, 0.25) is 5.02 Å². The van der Waals surface area contributed by atoms with Crippen molar-refractivity contribution in [2.24, 2.45) is 5.92 Å². The molecule has 6 heteroatoms. The Bertz CT molecular complexity index is 758. The maximum atomic E-state index is 12.5. The summed E-state index contributed by atoms with van der Waals surface area (Å²) in [5.41, 5.74) is 1.21. The third-order valence-electron chi connectivity index (χ3n) is 4.52. The minimum absolute atomic E-state index is 0.185. The second kappa shape index (κ2) is 7.74. The summed E-state index contributed by atoms with van der Waals surface area (Å²) in [6.07, 6.45) is 3.99. The lowest BCUT2D eigenvalue weighted by atomic mass is 9.99. The van der Waals surface area contributed by atoms with Crippen LogP contribution in [0.15, 0.2) is 36.5 Å². The van der Waals surface area contributed by atoms with Gasteiger partial charge in [-0.2, -0.15) is 0 Å². The van der Waals surface area contributed by atoms with E-state index in [4.69, 9.17) is 16.3 Å². The third kappa shape index (κ3) is 4.23. The molecule has 0 spiro atoms. The van der Waals surface area contributed by atoms with Crippen molar-refractivity contribution in [3.05, 3.63) is 47.1 Å². The van der Waals surface area contributed by atoms with Crippen molar-refractivity contribution in [2.75, 3.05) is 30.4 Å². The second-order valence-corrected chi connectivity index (χ2v) is 6.78. The van der Waals surface area contributed by atoms with Gasteiger partial charge in [-0.15, -0.1) is 0 Å². The van der Waals surface area contributed by atoms with Crippen LogP contribution < -0.4 is 15.0 Å². The van der Waals surface area contributed by atoms with E-state index in [2.05, 4.69) is 22.1 Å². The van der Waals surface area contributed by atoms with Gasteiger partial charge in [0, 0.05) is 30.5 Å². The second-order valence-electron chi connectivity index (χ2n) is 6.38. The first-order valence-electron chi connectivity index (χ1n) is 8.42. The third-order valence-corrected chi connectivity index (χ3v) is 4.82. The van der Waals surface area contributed by atoms with Crippen molar-refractivity contribution in [2.45, 2.75) is 19.8 Å². The first kappa shape index (κ1) is 17.5. The first-order chi connectivity index (χ1) is 12.1. The Kier molecular flexibility index (Phi) is 5.43. The summed E-state index contributed by atoms with van der Waals surface area (Å²) in [7, 11) is 1.55. The van der Waals surface area contributed by atoms with E-state index in [9.17, 15) is 4.79 Å². The molecule has 1 aromatic heterocycles. The van der Waals surface area contributed by atoms with Crippen molar-refractivity contribution in [1.29, 1.82) is 0 Å². The Morgan fingerprint density at radius 3 is 2.72 bits per heavy atom. The zero-order valence-corrected chi connectivity index (χ0v) is 15.2. The van der Waals surface area contributed by atoms with Gasteiger partial charge in [0.1, 0.15) is 11.6 Å². The zero-order valence-electron chi connectivity index (χ0n) is 14.5. The molecule has 1 aliphatic rings. The molecule has 0 saturated carbocycles. The molecule has 1 aromatic carbocycles. The number of methoxy groups -OCH3 is 1. The summed E-state index contributed by atoms with van der Waals surface area (Å²) in [5, 5.41) is 3.32. The summed E-state index contributed by atoms with van der Waals surface area (Å²) in [6, 6.07) is 8.72. The molecular weight excluding hydrogens is 338 g/mol. The topological polar surface area (TPSA) is 54.5 Å². The minimum Gasteiger partial charge on any atom is -0.495 e. The minimum atomic E-state index is -0.185. The molecule has 1 N–H and O–H groups in total. The van der Waals surface area contributed by atoms with Crippen LogP contribution in [-0.4, -0.2) is 31.1 Å². The van der Waals surface area contributed by atoms with Gasteiger partial charge in [-0.1, -0.05) is 18.5 Å². The zero-order chi connectivity index (χ0) is 17.8. The van der Waals surface area contributed by atoms with Crippen LogP contribution in [0.4, 0.5) is 11.5 Å². The standard InChI is InChI=1S/C19H22ClN3O2/c1-13-6-9-23(10-7-13)18-11-14(5-8-21-18)19(24)22-15-3-4-17(25-2)16(20)12-15/h3-5,8,11-13H,6-7,9-10H2,1-2H3,(H,22,24). The number of nitrogens with one attached hydrogen (secondary N) is 1. The molecule has 1 aliphatic heterocycles. The van der Waals surface area contributed by atoms with E-state index in [0.29, 0.717) is 22.0 Å². The number of rotatable bonds is 4. The Morgan fingerprint density at radius 2 is 2.04 bits per heavy atom. The predicted molar refractivity (Wildman–Crippen MR) is 101 cm³/mol. The molecule has 1 saturated heterocycles. The number of nitrogens with zero attached hydrogens (tertiary/aromatic N) is 2. The van der Waals surface area contributed by atoms with Gasteiger partial charge in [0.15, 0.2) is 0 Å². The lowest BCUT2D eigenvalue weighted by molar-refractivity contribution is 0.102. The lowest BCUT2D eigenvalue weighted by Crippen LogP contribution is -2.33. The molecular formula is C19H22ClN3O2. The smallest absolute Gasteiger partial charge is 0.255 e. The van der Waals surface area contributed by atoms with E-state index in [1.807, 2.05) is 6.07 Å². The van der Waals surface area contributed by atoms with Gasteiger partial charge in [0.2, 0.25) is 0 Å². The van der Waals surface area contributed by atoms with E-state index in [1.165, 1.54) is 0 Å². The fourth-order valence-corrected chi connectivity index (χ4v) is 3.18. The van der Waals surface area contributed by atoms with E-state index in [-0.39, 0.29) is 5.91 Å². The highest BCUT2D eigenvalue weighted by Crippen LogP contribution is 2.27. The molecule has 0 radical (unpaired) electrons. The largest absolute Gasteiger partial charge is 0.495 e. The van der Waals surface area contributed by atoms with Gasteiger partial charge in [-0.25, -0.2) is 4.98 Å². The van der Waals surface area contributed by atoms with Crippen LogP contribution in [0.5, 0.6) is 5.75 Å². The number of pyridine rings is 1. The predicted octanol–water partition coefficient (Wildman–Crippen LogP) is 4.23. The molecule has 2 aromatic rings. The van der Waals surface area contributed by atoms with E-state index >= 15 is 0 Å². The maximum Gasteiger partial charge on any atom is 0.255 e. The summed E-state index contributed by atoms with van der Waals surface area (Å²) in [5.74, 6) is 2.00.